The van der Waals surface area contributed by atoms with E-state index in [0.717, 1.165) is 27.9 Å². The zero-order chi connectivity index (χ0) is 27.5. The summed E-state index contributed by atoms with van der Waals surface area (Å²) < 4.78 is 35.7. The van der Waals surface area contributed by atoms with Gasteiger partial charge in [0.15, 0.2) is 17.5 Å². The van der Waals surface area contributed by atoms with Crippen molar-refractivity contribution in [2.24, 2.45) is 5.73 Å². The molecule has 3 N–H and O–H groups in total. The van der Waals surface area contributed by atoms with Crippen LogP contribution in [0.15, 0.2) is 78.9 Å². The van der Waals surface area contributed by atoms with Gasteiger partial charge in [0.1, 0.15) is 11.8 Å². The van der Waals surface area contributed by atoms with Crippen molar-refractivity contribution in [3.8, 4) is 22.8 Å². The number of nitrogens with two attached hydrogens (primary N) is 1. The van der Waals surface area contributed by atoms with Crippen molar-refractivity contribution >= 4 is 17.5 Å². The van der Waals surface area contributed by atoms with Gasteiger partial charge in [-0.2, -0.15) is 4.98 Å². The highest BCUT2D eigenvalue weighted by atomic mass is 19.1. The average Bonchev–Trinajstić information content (AvgIpc) is 2.94. The molecule has 200 valence electrons. The zero-order valence-electron chi connectivity index (χ0n) is 21.3. The third-order valence-electron chi connectivity index (χ3n) is 6.70. The van der Waals surface area contributed by atoms with Gasteiger partial charge in [-0.05, 0) is 59.5 Å². The number of pyridine rings is 1. The lowest BCUT2D eigenvalue weighted by Gasteiger charge is -2.41. The van der Waals surface area contributed by atoms with Crippen LogP contribution in [-0.2, 0) is 11.3 Å². The zero-order valence-corrected chi connectivity index (χ0v) is 21.3. The fraction of sp³-hybridized carbons (Fsp3) is 0.200. The van der Waals surface area contributed by atoms with Gasteiger partial charge in [-0.15, -0.1) is 0 Å². The maximum atomic E-state index is 15.0. The van der Waals surface area contributed by atoms with Gasteiger partial charge in [-0.25, -0.2) is 13.6 Å². The monoisotopic (exact) mass is 530 g/mol. The van der Waals surface area contributed by atoms with Gasteiger partial charge in [-0.1, -0.05) is 42.5 Å². The van der Waals surface area contributed by atoms with Crippen LogP contribution in [0.25, 0.3) is 11.1 Å². The number of rotatable bonds is 7. The smallest absolute Gasteiger partial charge is 0.328 e. The molecule has 5 rings (SSSR count). The van der Waals surface area contributed by atoms with Gasteiger partial charge in [0.25, 0.3) is 5.88 Å². The Bertz CT molecular complexity index is 1500. The van der Waals surface area contributed by atoms with E-state index in [1.165, 1.54) is 4.90 Å². The molecule has 4 aromatic rings. The molecule has 0 saturated carbocycles. The molecule has 0 spiro atoms. The van der Waals surface area contributed by atoms with Gasteiger partial charge in [0, 0.05) is 37.9 Å². The second-order valence-corrected chi connectivity index (χ2v) is 9.45. The van der Waals surface area contributed by atoms with E-state index >= 15 is 4.39 Å². The quantitative estimate of drug-likeness (QED) is 0.332. The molecule has 7 nitrogen and oxygen atoms in total. The van der Waals surface area contributed by atoms with Crippen molar-refractivity contribution < 1.29 is 23.4 Å². The maximum absolute atomic E-state index is 15.0. The number of anilines is 2. The lowest BCUT2D eigenvalue weighted by atomic mass is 10.0. The summed E-state index contributed by atoms with van der Waals surface area (Å²) in [5.74, 6) is -3.47. The molecular formula is C30H28F2N4O3. The van der Waals surface area contributed by atoms with Crippen molar-refractivity contribution in [2.45, 2.75) is 19.5 Å². The minimum atomic E-state index is -1.13. The number of aliphatic carboxylic acids is 1. The van der Waals surface area contributed by atoms with E-state index in [4.69, 9.17) is 10.5 Å². The number of piperazine rings is 1. The number of para-hydroxylation sites is 1. The Morgan fingerprint density at radius 1 is 1.00 bits per heavy atom. The van der Waals surface area contributed by atoms with E-state index in [1.807, 2.05) is 72.5 Å². The van der Waals surface area contributed by atoms with Crippen LogP contribution < -0.4 is 20.3 Å². The first-order valence-corrected chi connectivity index (χ1v) is 12.6. The lowest BCUT2D eigenvalue weighted by Crippen LogP contribution is -2.57. The molecule has 1 atom stereocenters. The predicted molar refractivity (Wildman–Crippen MR) is 146 cm³/mol. The topological polar surface area (TPSA) is 91.9 Å². The van der Waals surface area contributed by atoms with E-state index in [0.29, 0.717) is 24.9 Å². The molecule has 0 radical (unpaired) electrons. The Kier molecular flexibility index (Phi) is 7.42. The summed E-state index contributed by atoms with van der Waals surface area (Å²) in [4.78, 5) is 19.6. The first-order valence-electron chi connectivity index (χ1n) is 12.6. The molecule has 39 heavy (non-hydrogen) atoms. The summed E-state index contributed by atoms with van der Waals surface area (Å²) in [5, 5.41) is 9.96. The lowest BCUT2D eigenvalue weighted by molar-refractivity contribution is -0.138. The molecule has 0 bridgehead atoms. The summed E-state index contributed by atoms with van der Waals surface area (Å²) in [6.07, 6.45) is 0. The molecular weight excluding hydrogens is 502 g/mol. The number of benzene rings is 3. The summed E-state index contributed by atoms with van der Waals surface area (Å²) in [6.45, 7) is 3.00. The molecule has 3 aromatic carbocycles. The predicted octanol–water partition coefficient (Wildman–Crippen LogP) is 5.37. The van der Waals surface area contributed by atoms with Crippen molar-refractivity contribution in [2.75, 3.05) is 29.4 Å². The third-order valence-corrected chi connectivity index (χ3v) is 6.70. The number of carboxylic acids is 1. The Balaban J connectivity index is 1.44. The van der Waals surface area contributed by atoms with Crippen molar-refractivity contribution in [1.82, 2.24) is 4.98 Å². The number of carboxylic acid groups (broad SMARTS) is 1. The molecule has 1 aromatic heterocycles. The number of aromatic nitrogens is 1. The first kappa shape index (κ1) is 26.1. The van der Waals surface area contributed by atoms with Crippen LogP contribution in [0.3, 0.4) is 0 Å². The largest absolute Gasteiger partial charge is 0.480 e. The SMILES string of the molecule is Cc1cc(Oc2nc(N3CCN(c4ccccc4)CC3C(=O)O)c(F)cc2F)cc(-c2cccc(CN)c2)c1. The molecule has 1 aliphatic rings. The standard InChI is InChI=1S/C30H28F2N4O3/c1-19-12-22(21-7-5-6-20(14-21)17-33)15-24(13-19)39-29-26(32)16-25(31)28(34-29)36-11-10-35(18-27(36)30(37)38)23-8-3-2-4-9-23/h2-9,12-16,27H,10-11,17-18,33H2,1H3,(H,37,38). The normalized spacial score (nSPS) is 15.3. The minimum absolute atomic E-state index is 0.108. The van der Waals surface area contributed by atoms with Gasteiger partial charge in [0.05, 0.1) is 0 Å². The molecule has 2 heterocycles. The maximum Gasteiger partial charge on any atom is 0.328 e. The highest BCUT2D eigenvalue weighted by Crippen LogP contribution is 2.33. The van der Waals surface area contributed by atoms with Gasteiger partial charge in [-0.3, -0.25) is 0 Å². The molecule has 1 unspecified atom stereocenters. The Morgan fingerprint density at radius 3 is 2.54 bits per heavy atom. The van der Waals surface area contributed by atoms with Crippen LogP contribution >= 0.6 is 0 Å². The van der Waals surface area contributed by atoms with Crippen LogP contribution in [0, 0.1) is 18.6 Å². The Hall–Kier alpha value is -4.50. The van der Waals surface area contributed by atoms with E-state index in [1.54, 1.807) is 12.1 Å². The number of halogens is 2. The number of ether oxygens (including phenoxy) is 1. The van der Waals surface area contributed by atoms with Crippen molar-refractivity contribution in [3.63, 3.8) is 0 Å². The molecule has 1 saturated heterocycles. The number of aryl methyl sites for hydroxylation is 1. The van der Waals surface area contributed by atoms with Crippen LogP contribution in [0.1, 0.15) is 11.1 Å². The Morgan fingerprint density at radius 2 is 1.79 bits per heavy atom. The van der Waals surface area contributed by atoms with E-state index in [9.17, 15) is 14.3 Å². The summed E-state index contributed by atoms with van der Waals surface area (Å²) >= 11 is 0. The van der Waals surface area contributed by atoms with Crippen molar-refractivity contribution in [1.29, 1.82) is 0 Å². The second kappa shape index (κ2) is 11.1. The molecule has 9 heteroatoms. The van der Waals surface area contributed by atoms with Gasteiger partial charge < -0.3 is 25.4 Å². The minimum Gasteiger partial charge on any atom is -0.480 e. The van der Waals surface area contributed by atoms with Gasteiger partial charge in [0.2, 0.25) is 0 Å². The molecule has 0 amide bonds. The van der Waals surface area contributed by atoms with Crippen LogP contribution in [0.5, 0.6) is 11.6 Å². The fourth-order valence-electron chi connectivity index (χ4n) is 4.80. The highest BCUT2D eigenvalue weighted by molar-refractivity contribution is 5.79. The van der Waals surface area contributed by atoms with Crippen LogP contribution in [-0.4, -0.2) is 41.7 Å². The number of hydrogen-bond acceptors (Lipinski definition) is 6. The first-order chi connectivity index (χ1) is 18.8. The van der Waals surface area contributed by atoms with Crippen LogP contribution in [0.4, 0.5) is 20.3 Å². The molecule has 1 aliphatic heterocycles. The molecule has 0 aliphatic carbocycles. The van der Waals surface area contributed by atoms with Gasteiger partial charge >= 0.3 is 5.97 Å². The van der Waals surface area contributed by atoms with E-state index < -0.39 is 29.5 Å². The third kappa shape index (κ3) is 5.68. The highest BCUT2D eigenvalue weighted by Gasteiger charge is 2.35. The summed E-state index contributed by atoms with van der Waals surface area (Å²) in [7, 11) is 0. The van der Waals surface area contributed by atoms with Crippen molar-refractivity contribution in [3.05, 3.63) is 102 Å². The molecule has 1 fully saturated rings. The van der Waals surface area contributed by atoms with E-state index in [2.05, 4.69) is 4.98 Å². The number of nitrogens with zero attached hydrogens (tertiary/aromatic N) is 3. The summed E-state index contributed by atoms with van der Waals surface area (Å²) in [6, 6.07) is 22.1. The number of carbonyl (C=O) groups is 1. The van der Waals surface area contributed by atoms with E-state index in [-0.39, 0.29) is 18.9 Å². The second-order valence-electron chi connectivity index (χ2n) is 9.45. The van der Waals surface area contributed by atoms with Crippen LogP contribution in [0.2, 0.25) is 0 Å². The average molecular weight is 531 g/mol. The fourth-order valence-corrected chi connectivity index (χ4v) is 4.80. The number of hydrogen-bond donors (Lipinski definition) is 2. The Labute approximate surface area is 225 Å². The summed E-state index contributed by atoms with van der Waals surface area (Å²) in [5.41, 5.74) is 10.2.